The van der Waals surface area contributed by atoms with E-state index in [0.717, 1.165) is 0 Å². The fraction of sp³-hybridized carbons (Fsp3) is 0.933. The summed E-state index contributed by atoms with van der Waals surface area (Å²) in [7, 11) is -7.86. The van der Waals surface area contributed by atoms with E-state index in [4.69, 9.17) is 0 Å². The van der Waals surface area contributed by atoms with E-state index in [9.17, 15) is 118 Å². The van der Waals surface area contributed by atoms with E-state index in [0.29, 0.717) is 0 Å². The second-order valence-electron chi connectivity index (χ2n) is 8.09. The fourth-order valence-corrected chi connectivity index (χ4v) is 3.50. The molecule has 0 unspecified atom stereocenters. The van der Waals surface area contributed by atoms with E-state index in [2.05, 4.69) is 6.92 Å². The van der Waals surface area contributed by atoms with Gasteiger partial charge in [0.2, 0.25) is 0 Å². The Hall–Kier alpha value is -1.84. The Morgan fingerprint density at radius 2 is 0.591 bits per heavy atom. The Morgan fingerprint density at radius 3 is 0.773 bits per heavy atom. The largest absolute Gasteiger partial charge is 0.460 e. The lowest BCUT2D eigenvalue weighted by Crippen LogP contribution is -2.78. The SMILES string of the molecule is [CH2]CN(C)S(=O)(=O)C(F)(F)C(F)(F)C(F)(F)C(F)(F)C(F)(F)C(F)(F)C(F)(F)C(F)(F)C(F)(F)C(F)(F)C(F)(F)C(F)(F)F. The van der Waals surface area contributed by atoms with Crippen molar-refractivity contribution in [3.8, 4) is 0 Å². The van der Waals surface area contributed by atoms with Crippen molar-refractivity contribution in [1.29, 1.82) is 0 Å². The van der Waals surface area contributed by atoms with Crippen molar-refractivity contribution >= 4 is 10.0 Å². The molecule has 0 saturated heterocycles. The molecule has 0 N–H and O–H groups in total. The third-order valence-corrected chi connectivity index (χ3v) is 7.23. The van der Waals surface area contributed by atoms with Crippen molar-refractivity contribution in [3.63, 3.8) is 0 Å². The second kappa shape index (κ2) is 10.3. The normalized spacial score (nSPS) is 17.0. The molecular formula is C15H7F25NO2S. The third kappa shape index (κ3) is 4.73. The van der Waals surface area contributed by atoms with Gasteiger partial charge in [-0.1, -0.05) is 0 Å². The molecule has 0 bridgehead atoms. The summed E-state index contributed by atoms with van der Waals surface area (Å²) in [6, 6.07) is 0. The molecule has 0 aromatic carbocycles. The first-order valence-electron chi connectivity index (χ1n) is 9.46. The van der Waals surface area contributed by atoms with E-state index in [1.807, 2.05) is 0 Å². The van der Waals surface area contributed by atoms with Crippen LogP contribution >= 0.6 is 0 Å². The molecule has 44 heavy (non-hydrogen) atoms. The van der Waals surface area contributed by atoms with Gasteiger partial charge in [-0.2, -0.15) is 114 Å². The molecule has 0 aliphatic heterocycles. The van der Waals surface area contributed by atoms with Gasteiger partial charge < -0.3 is 0 Å². The molecule has 0 aliphatic rings. The van der Waals surface area contributed by atoms with Gasteiger partial charge in [0.1, 0.15) is 0 Å². The van der Waals surface area contributed by atoms with Gasteiger partial charge in [-0.15, -0.1) is 0 Å². The molecular weight excluding hydrogens is 733 g/mol. The summed E-state index contributed by atoms with van der Waals surface area (Å²) in [5, 5.41) is -7.91. The van der Waals surface area contributed by atoms with Crippen LogP contribution in [0.2, 0.25) is 0 Å². The summed E-state index contributed by atoms with van der Waals surface area (Å²) in [5.41, 5.74) is 0. The number of sulfonamides is 1. The van der Waals surface area contributed by atoms with E-state index < -0.39 is 91.5 Å². The van der Waals surface area contributed by atoms with Gasteiger partial charge in [-0.3, -0.25) is 0 Å². The maximum atomic E-state index is 13.8. The number of halogens is 25. The van der Waals surface area contributed by atoms with Crippen molar-refractivity contribution in [2.75, 3.05) is 13.6 Å². The minimum Gasteiger partial charge on any atom is -0.206 e. The zero-order valence-corrected chi connectivity index (χ0v) is 20.4. The Balaban J connectivity index is 7.51. The van der Waals surface area contributed by atoms with E-state index >= 15 is 0 Å². The zero-order chi connectivity index (χ0) is 36.8. The number of hydrogen-bond acceptors (Lipinski definition) is 2. The molecule has 0 aromatic heterocycles. The van der Waals surface area contributed by atoms with Gasteiger partial charge in [0.25, 0.3) is 10.0 Å². The van der Waals surface area contributed by atoms with Crippen LogP contribution in [0.25, 0.3) is 0 Å². The Kier molecular flexibility index (Phi) is 9.90. The summed E-state index contributed by atoms with van der Waals surface area (Å²) in [4.78, 5) is 0. The average Bonchev–Trinajstić information content (AvgIpc) is 2.80. The van der Waals surface area contributed by atoms with E-state index in [1.165, 1.54) is 0 Å². The molecule has 3 nitrogen and oxygen atoms in total. The fourth-order valence-electron chi connectivity index (χ4n) is 2.42. The molecule has 265 valence electrons. The molecule has 29 heteroatoms. The predicted octanol–water partition coefficient (Wildman–Crippen LogP) is 7.59. The number of nitrogens with zero attached hydrogens (tertiary/aromatic N) is 1. The van der Waals surface area contributed by atoms with Crippen LogP contribution in [-0.4, -0.2) is 97.0 Å². The lowest BCUT2D eigenvalue weighted by molar-refractivity contribution is -0.480. The van der Waals surface area contributed by atoms with Gasteiger partial charge in [-0.25, -0.2) is 8.42 Å². The molecule has 0 fully saturated rings. The van der Waals surface area contributed by atoms with Crippen molar-refractivity contribution in [3.05, 3.63) is 6.92 Å². The monoisotopic (exact) mass is 740 g/mol. The Morgan fingerprint density at radius 1 is 0.409 bits per heavy atom. The average molecular weight is 740 g/mol. The minimum atomic E-state index is -9.72. The van der Waals surface area contributed by atoms with Crippen LogP contribution in [0.4, 0.5) is 110 Å². The summed E-state index contributed by atoms with van der Waals surface area (Å²) >= 11 is 0. The molecule has 0 rings (SSSR count). The first-order chi connectivity index (χ1) is 18.5. The maximum Gasteiger partial charge on any atom is 0.460 e. The lowest BCUT2D eigenvalue weighted by atomic mass is 9.85. The molecule has 1 radical (unpaired) electrons. The van der Waals surface area contributed by atoms with Crippen LogP contribution in [-0.2, 0) is 10.0 Å². The zero-order valence-electron chi connectivity index (χ0n) is 19.5. The standard InChI is InChI=1S/C15H7F25NO2S/c1-3-41(2)44(42,43)15(39,40)13(34,35)11(30,31)9(26,27)7(22,23)5(18,19)4(16,17)6(20,21)8(24,25)10(28,29)12(32,33)14(36,37)38/h1,3H2,2H3. The van der Waals surface area contributed by atoms with Crippen molar-refractivity contribution in [2.24, 2.45) is 0 Å². The van der Waals surface area contributed by atoms with Gasteiger partial charge in [0.15, 0.2) is 0 Å². The summed E-state index contributed by atoms with van der Waals surface area (Å²) < 4.78 is 355. The topological polar surface area (TPSA) is 37.4 Å². The minimum absolute atomic E-state index is 0.299. The van der Waals surface area contributed by atoms with Crippen LogP contribution in [0.15, 0.2) is 0 Å². The Bertz CT molecular complexity index is 1170. The van der Waals surface area contributed by atoms with E-state index in [-0.39, 0.29) is 7.05 Å². The molecule has 0 saturated carbocycles. The van der Waals surface area contributed by atoms with Crippen molar-refractivity contribution in [1.82, 2.24) is 4.31 Å². The number of alkyl halides is 25. The molecule has 0 heterocycles. The second-order valence-corrected chi connectivity index (χ2v) is 10.2. The summed E-state index contributed by atoms with van der Waals surface area (Å²) in [5.74, 6) is -93.5. The highest BCUT2D eigenvalue weighted by molar-refractivity contribution is 7.90. The molecule has 0 aromatic rings. The highest BCUT2D eigenvalue weighted by Crippen LogP contribution is 2.68. The van der Waals surface area contributed by atoms with Crippen LogP contribution in [0.3, 0.4) is 0 Å². The highest BCUT2D eigenvalue weighted by Gasteiger charge is 3.00. The quantitative estimate of drug-likeness (QED) is 0.183. The van der Waals surface area contributed by atoms with Crippen molar-refractivity contribution in [2.45, 2.75) is 70.7 Å². The van der Waals surface area contributed by atoms with Crippen LogP contribution in [0.5, 0.6) is 0 Å². The van der Waals surface area contributed by atoms with Crippen molar-refractivity contribution < 1.29 is 118 Å². The Labute approximate surface area is 225 Å². The van der Waals surface area contributed by atoms with Crippen LogP contribution in [0, 0.1) is 6.92 Å². The predicted molar refractivity (Wildman–Crippen MR) is 87.4 cm³/mol. The highest BCUT2D eigenvalue weighted by atomic mass is 32.2. The third-order valence-electron chi connectivity index (χ3n) is 5.32. The van der Waals surface area contributed by atoms with Crippen LogP contribution < -0.4 is 0 Å². The first-order valence-corrected chi connectivity index (χ1v) is 10.9. The van der Waals surface area contributed by atoms with Crippen LogP contribution in [0.1, 0.15) is 0 Å². The smallest absolute Gasteiger partial charge is 0.206 e. The van der Waals surface area contributed by atoms with Gasteiger partial charge in [0.05, 0.1) is 0 Å². The summed E-state index contributed by atoms with van der Waals surface area (Å²) in [6.45, 7) is 0.642. The first kappa shape index (κ1) is 42.2. The van der Waals surface area contributed by atoms with Gasteiger partial charge in [-0.05, 0) is 6.92 Å². The number of rotatable bonds is 13. The maximum absolute atomic E-state index is 13.8. The summed E-state index contributed by atoms with van der Waals surface area (Å²) in [6.07, 6.45) is -8.22. The molecule has 0 amide bonds. The van der Waals surface area contributed by atoms with Gasteiger partial charge >= 0.3 is 70.7 Å². The molecule has 0 atom stereocenters. The van der Waals surface area contributed by atoms with Gasteiger partial charge in [0, 0.05) is 13.6 Å². The molecule has 0 aliphatic carbocycles. The van der Waals surface area contributed by atoms with E-state index in [1.54, 1.807) is 0 Å². The molecule has 0 spiro atoms. The number of hydrogen-bond donors (Lipinski definition) is 0. The lowest BCUT2D eigenvalue weighted by Gasteiger charge is -2.45.